The van der Waals surface area contributed by atoms with Crippen LogP contribution in [0.3, 0.4) is 0 Å². The predicted octanol–water partition coefficient (Wildman–Crippen LogP) is 2.09. The Morgan fingerprint density at radius 1 is 1.38 bits per heavy atom. The third-order valence-electron chi connectivity index (χ3n) is 4.82. The van der Waals surface area contributed by atoms with Crippen LogP contribution >= 0.6 is 0 Å². The topological polar surface area (TPSA) is 38.8 Å². The summed E-state index contributed by atoms with van der Waals surface area (Å²) in [4.78, 5) is 14.6. The van der Waals surface area contributed by atoms with Crippen molar-refractivity contribution in [1.82, 2.24) is 4.90 Å². The number of benzene rings is 1. The van der Waals surface area contributed by atoms with Gasteiger partial charge < -0.3 is 9.47 Å². The van der Waals surface area contributed by atoms with Gasteiger partial charge in [-0.3, -0.25) is 9.69 Å². The van der Waals surface area contributed by atoms with E-state index in [-0.39, 0.29) is 11.9 Å². The van der Waals surface area contributed by atoms with Gasteiger partial charge in [-0.2, -0.15) is 0 Å². The molecule has 2 aliphatic rings. The van der Waals surface area contributed by atoms with Crippen molar-refractivity contribution in [3.63, 3.8) is 0 Å². The van der Waals surface area contributed by atoms with E-state index in [1.807, 2.05) is 19.1 Å². The second-order valence-corrected chi connectivity index (χ2v) is 5.91. The monoisotopic (exact) mass is 289 g/mol. The summed E-state index contributed by atoms with van der Waals surface area (Å²) in [7, 11) is 3.85. The number of hydrogen-bond acceptors (Lipinski definition) is 4. The molecule has 3 rings (SSSR count). The van der Waals surface area contributed by atoms with Crippen LogP contribution in [0.1, 0.15) is 34.8 Å². The van der Waals surface area contributed by atoms with E-state index >= 15 is 0 Å². The van der Waals surface area contributed by atoms with Crippen molar-refractivity contribution in [2.45, 2.75) is 38.3 Å². The van der Waals surface area contributed by atoms with E-state index in [0.717, 1.165) is 42.9 Å². The van der Waals surface area contributed by atoms with Gasteiger partial charge in [-0.1, -0.05) is 6.92 Å². The zero-order chi connectivity index (χ0) is 15.0. The molecule has 0 radical (unpaired) electrons. The van der Waals surface area contributed by atoms with Gasteiger partial charge in [0.15, 0.2) is 5.78 Å². The fourth-order valence-corrected chi connectivity index (χ4v) is 3.57. The Kier molecular flexibility index (Phi) is 4.00. The van der Waals surface area contributed by atoms with E-state index in [2.05, 4.69) is 11.9 Å². The highest BCUT2D eigenvalue weighted by molar-refractivity contribution is 5.98. The van der Waals surface area contributed by atoms with E-state index in [1.165, 1.54) is 5.56 Å². The van der Waals surface area contributed by atoms with Crippen LogP contribution in [-0.2, 0) is 17.6 Å². The number of nitrogens with zero attached hydrogens (tertiary/aromatic N) is 1. The SMILES string of the molecule is CCC(=O)c1ccc(OC)c2c1CC1OCCN(C)C1C2. The minimum Gasteiger partial charge on any atom is -0.496 e. The third-order valence-corrected chi connectivity index (χ3v) is 4.82. The Morgan fingerprint density at radius 2 is 2.19 bits per heavy atom. The molecule has 2 atom stereocenters. The normalized spacial score (nSPS) is 25.1. The van der Waals surface area contributed by atoms with Crippen LogP contribution in [0.4, 0.5) is 0 Å². The summed E-state index contributed by atoms with van der Waals surface area (Å²) in [6.07, 6.45) is 2.42. The molecule has 1 fully saturated rings. The van der Waals surface area contributed by atoms with Crippen LogP contribution in [-0.4, -0.2) is 50.1 Å². The molecule has 0 spiro atoms. The van der Waals surface area contributed by atoms with E-state index in [0.29, 0.717) is 12.5 Å². The zero-order valence-corrected chi connectivity index (χ0v) is 13.0. The van der Waals surface area contributed by atoms with Gasteiger partial charge in [0.25, 0.3) is 0 Å². The van der Waals surface area contributed by atoms with Crippen LogP contribution in [0.15, 0.2) is 12.1 Å². The maximum absolute atomic E-state index is 12.2. The number of morpholine rings is 1. The highest BCUT2D eigenvalue weighted by Crippen LogP contribution is 2.36. The minimum absolute atomic E-state index is 0.187. The van der Waals surface area contributed by atoms with Crippen LogP contribution in [0.2, 0.25) is 0 Å². The summed E-state index contributed by atoms with van der Waals surface area (Å²) in [5.74, 6) is 1.10. The van der Waals surface area contributed by atoms with Gasteiger partial charge in [-0.05, 0) is 36.7 Å². The molecular weight excluding hydrogens is 266 g/mol. The minimum atomic E-state index is 0.187. The van der Waals surface area contributed by atoms with Crippen molar-refractivity contribution < 1.29 is 14.3 Å². The number of rotatable bonds is 3. The number of ether oxygens (including phenoxy) is 2. The fraction of sp³-hybridized carbons (Fsp3) is 0.588. The second-order valence-electron chi connectivity index (χ2n) is 5.91. The number of carbonyl (C=O) groups is 1. The van der Waals surface area contributed by atoms with Crippen molar-refractivity contribution in [3.05, 3.63) is 28.8 Å². The number of likely N-dealkylation sites (N-methyl/N-ethyl adjacent to an activating group) is 1. The molecular formula is C17H23NO3. The highest BCUT2D eigenvalue weighted by atomic mass is 16.5. The molecule has 0 aromatic heterocycles. The largest absolute Gasteiger partial charge is 0.496 e. The van der Waals surface area contributed by atoms with Gasteiger partial charge in [0.1, 0.15) is 5.75 Å². The van der Waals surface area contributed by atoms with Crippen LogP contribution in [0.5, 0.6) is 5.75 Å². The summed E-state index contributed by atoms with van der Waals surface area (Å²) in [6.45, 7) is 3.65. The highest BCUT2D eigenvalue weighted by Gasteiger charge is 2.37. The van der Waals surface area contributed by atoms with Crippen LogP contribution < -0.4 is 4.74 Å². The van der Waals surface area contributed by atoms with Gasteiger partial charge >= 0.3 is 0 Å². The fourth-order valence-electron chi connectivity index (χ4n) is 3.57. The summed E-state index contributed by atoms with van der Waals surface area (Å²) < 4.78 is 11.5. The summed E-state index contributed by atoms with van der Waals surface area (Å²) in [6, 6.07) is 4.23. The van der Waals surface area contributed by atoms with Crippen molar-refractivity contribution in [1.29, 1.82) is 0 Å². The first-order valence-corrected chi connectivity index (χ1v) is 7.69. The quantitative estimate of drug-likeness (QED) is 0.799. The molecule has 0 saturated carbocycles. The number of methoxy groups -OCH3 is 1. The lowest BCUT2D eigenvalue weighted by Gasteiger charge is -2.43. The molecule has 1 heterocycles. The van der Waals surface area contributed by atoms with Crippen LogP contribution in [0, 0.1) is 0 Å². The first-order chi connectivity index (χ1) is 10.2. The van der Waals surface area contributed by atoms with Crippen molar-refractivity contribution >= 4 is 5.78 Å². The first kappa shape index (κ1) is 14.5. The predicted molar refractivity (Wildman–Crippen MR) is 81.2 cm³/mol. The molecule has 0 bridgehead atoms. The van der Waals surface area contributed by atoms with Crippen LogP contribution in [0.25, 0.3) is 0 Å². The molecule has 1 aliphatic carbocycles. The van der Waals surface area contributed by atoms with E-state index in [4.69, 9.17) is 9.47 Å². The van der Waals surface area contributed by atoms with Crippen molar-refractivity contribution in [2.24, 2.45) is 0 Å². The Bertz CT molecular complexity index is 555. The number of hydrogen-bond donors (Lipinski definition) is 0. The summed E-state index contributed by atoms with van der Waals surface area (Å²) in [5.41, 5.74) is 3.18. The molecule has 1 aliphatic heterocycles. The van der Waals surface area contributed by atoms with Gasteiger partial charge in [0.2, 0.25) is 0 Å². The first-order valence-electron chi connectivity index (χ1n) is 7.69. The number of carbonyl (C=O) groups excluding carboxylic acids is 1. The van der Waals surface area contributed by atoms with Gasteiger partial charge in [-0.25, -0.2) is 0 Å². The molecule has 4 nitrogen and oxygen atoms in total. The Morgan fingerprint density at radius 3 is 2.90 bits per heavy atom. The molecule has 1 aromatic carbocycles. The summed E-state index contributed by atoms with van der Waals surface area (Å²) in [5, 5.41) is 0. The molecule has 114 valence electrons. The number of Topliss-reactive ketones (excluding diaryl/α,β-unsaturated/α-hetero) is 1. The Hall–Kier alpha value is -1.39. The average molecular weight is 289 g/mol. The lowest BCUT2D eigenvalue weighted by atomic mass is 9.80. The van der Waals surface area contributed by atoms with E-state index < -0.39 is 0 Å². The Labute approximate surface area is 126 Å². The molecule has 0 amide bonds. The molecule has 2 unspecified atom stereocenters. The molecule has 4 heteroatoms. The van der Waals surface area contributed by atoms with E-state index in [9.17, 15) is 4.79 Å². The standard InChI is InChI=1S/C17H23NO3/c1-4-15(19)11-5-6-16(20-3)13-9-14-17(10-12(11)13)21-8-7-18(14)2/h5-6,14,17H,4,7-10H2,1-3H3. The second kappa shape index (κ2) is 5.78. The smallest absolute Gasteiger partial charge is 0.162 e. The van der Waals surface area contributed by atoms with Crippen molar-refractivity contribution in [2.75, 3.05) is 27.3 Å². The maximum atomic E-state index is 12.2. The molecule has 0 N–H and O–H groups in total. The molecule has 1 aromatic rings. The average Bonchev–Trinajstić information content (AvgIpc) is 2.52. The Balaban J connectivity index is 2.05. The molecule has 21 heavy (non-hydrogen) atoms. The lowest BCUT2D eigenvalue weighted by molar-refractivity contribution is -0.0646. The number of fused-ring (bicyclic) bond motifs is 2. The number of ketones is 1. The van der Waals surface area contributed by atoms with Crippen molar-refractivity contribution in [3.8, 4) is 5.75 Å². The van der Waals surface area contributed by atoms with Gasteiger partial charge in [-0.15, -0.1) is 0 Å². The van der Waals surface area contributed by atoms with E-state index in [1.54, 1.807) is 7.11 Å². The summed E-state index contributed by atoms with van der Waals surface area (Å²) >= 11 is 0. The maximum Gasteiger partial charge on any atom is 0.162 e. The lowest BCUT2D eigenvalue weighted by Crippen LogP contribution is -2.53. The zero-order valence-electron chi connectivity index (χ0n) is 13.0. The third kappa shape index (κ3) is 2.47. The van der Waals surface area contributed by atoms with Gasteiger partial charge in [0, 0.05) is 31.0 Å². The van der Waals surface area contributed by atoms with Gasteiger partial charge in [0.05, 0.1) is 19.8 Å². The molecule has 1 saturated heterocycles.